The van der Waals surface area contributed by atoms with E-state index in [0.29, 0.717) is 5.56 Å². The highest BCUT2D eigenvalue weighted by Gasteiger charge is 2.05. The van der Waals surface area contributed by atoms with E-state index >= 15 is 0 Å². The first kappa shape index (κ1) is 10.8. The number of benzene rings is 1. The van der Waals surface area contributed by atoms with Gasteiger partial charge in [-0.15, -0.1) is 11.3 Å². The summed E-state index contributed by atoms with van der Waals surface area (Å²) in [4.78, 5) is 15.4. The Morgan fingerprint density at radius 3 is 2.69 bits per heavy atom. The highest BCUT2D eigenvalue weighted by molar-refractivity contribution is 7.09. The van der Waals surface area contributed by atoms with Gasteiger partial charge in [-0.1, -0.05) is 12.1 Å². The van der Waals surface area contributed by atoms with E-state index < -0.39 is 0 Å². The third-order valence-corrected chi connectivity index (χ3v) is 2.99. The van der Waals surface area contributed by atoms with Gasteiger partial charge in [0.2, 0.25) is 0 Å². The minimum Gasteiger partial charge on any atom is -0.465 e. The number of aromatic nitrogens is 1. The van der Waals surface area contributed by atoms with Gasteiger partial charge in [-0.3, -0.25) is 0 Å². The molecule has 4 heteroatoms. The summed E-state index contributed by atoms with van der Waals surface area (Å²) in [6, 6.07) is 7.39. The highest BCUT2D eigenvalue weighted by atomic mass is 32.1. The predicted molar refractivity (Wildman–Crippen MR) is 62.7 cm³/mol. The Balaban J connectivity index is 2.10. The molecule has 1 heterocycles. The summed E-state index contributed by atoms with van der Waals surface area (Å²) in [5, 5.41) is 3.03. The maximum absolute atomic E-state index is 11.2. The van der Waals surface area contributed by atoms with Gasteiger partial charge in [0.05, 0.1) is 17.7 Å². The van der Waals surface area contributed by atoms with E-state index in [2.05, 4.69) is 9.72 Å². The van der Waals surface area contributed by atoms with Crippen LogP contribution in [0, 0.1) is 0 Å². The predicted octanol–water partition coefficient (Wildman–Crippen LogP) is 2.52. The van der Waals surface area contributed by atoms with E-state index in [4.69, 9.17) is 0 Å². The molecule has 0 amide bonds. The number of rotatable bonds is 3. The molecule has 82 valence electrons. The Morgan fingerprint density at radius 2 is 2.12 bits per heavy atom. The Morgan fingerprint density at radius 1 is 1.38 bits per heavy atom. The molecule has 0 aliphatic rings. The van der Waals surface area contributed by atoms with Crippen molar-refractivity contribution in [2.24, 2.45) is 0 Å². The quantitative estimate of drug-likeness (QED) is 0.765. The summed E-state index contributed by atoms with van der Waals surface area (Å²) >= 11 is 1.63. The second-order valence-corrected chi connectivity index (χ2v) is 4.27. The van der Waals surface area contributed by atoms with E-state index in [0.717, 1.165) is 17.0 Å². The van der Waals surface area contributed by atoms with Crippen LogP contribution in [0.25, 0.3) is 0 Å². The van der Waals surface area contributed by atoms with Crippen LogP contribution in [0.5, 0.6) is 0 Å². The largest absolute Gasteiger partial charge is 0.465 e. The second-order valence-electron chi connectivity index (χ2n) is 3.29. The molecular weight excluding hydrogens is 222 g/mol. The van der Waals surface area contributed by atoms with Crippen LogP contribution in [0.1, 0.15) is 20.9 Å². The van der Waals surface area contributed by atoms with Crippen LogP contribution >= 0.6 is 11.3 Å². The first-order valence-electron chi connectivity index (χ1n) is 4.85. The van der Waals surface area contributed by atoms with Gasteiger partial charge in [-0.05, 0) is 17.7 Å². The maximum Gasteiger partial charge on any atom is 0.337 e. The average Bonchev–Trinajstić information content (AvgIpc) is 2.82. The summed E-state index contributed by atoms with van der Waals surface area (Å²) in [5.41, 5.74) is 1.72. The number of nitrogens with zero attached hydrogens (tertiary/aromatic N) is 1. The number of esters is 1. The fourth-order valence-electron chi connectivity index (χ4n) is 1.39. The van der Waals surface area contributed by atoms with Crippen molar-refractivity contribution in [3.8, 4) is 0 Å². The number of hydrogen-bond donors (Lipinski definition) is 0. The first-order chi connectivity index (χ1) is 7.79. The third kappa shape index (κ3) is 2.46. The monoisotopic (exact) mass is 233 g/mol. The molecule has 0 saturated heterocycles. The average molecular weight is 233 g/mol. The van der Waals surface area contributed by atoms with E-state index in [-0.39, 0.29) is 5.97 Å². The van der Waals surface area contributed by atoms with Gasteiger partial charge < -0.3 is 4.74 Å². The summed E-state index contributed by atoms with van der Waals surface area (Å²) in [6.07, 6.45) is 2.60. The molecule has 0 atom stereocenters. The molecule has 0 fully saturated rings. The summed E-state index contributed by atoms with van der Waals surface area (Å²) < 4.78 is 4.63. The number of thiazole rings is 1. The molecule has 16 heavy (non-hydrogen) atoms. The minimum atomic E-state index is -0.305. The first-order valence-corrected chi connectivity index (χ1v) is 5.73. The molecule has 0 unspecified atom stereocenters. The maximum atomic E-state index is 11.2. The van der Waals surface area contributed by atoms with Crippen LogP contribution in [0.15, 0.2) is 35.8 Å². The lowest BCUT2D eigenvalue weighted by atomic mass is 10.1. The number of carbonyl (C=O) groups is 1. The van der Waals surface area contributed by atoms with E-state index in [1.54, 1.807) is 29.7 Å². The fraction of sp³-hybridized carbons (Fsp3) is 0.167. The molecule has 2 rings (SSSR count). The van der Waals surface area contributed by atoms with Crippen molar-refractivity contribution in [2.75, 3.05) is 7.11 Å². The smallest absolute Gasteiger partial charge is 0.337 e. The lowest BCUT2D eigenvalue weighted by Gasteiger charge is -2.01. The van der Waals surface area contributed by atoms with Crippen molar-refractivity contribution in [3.05, 3.63) is 52.0 Å². The van der Waals surface area contributed by atoms with Crippen LogP contribution in [0.3, 0.4) is 0 Å². The summed E-state index contributed by atoms with van der Waals surface area (Å²) in [6.45, 7) is 0. The zero-order chi connectivity index (χ0) is 11.4. The molecule has 2 aromatic rings. The summed E-state index contributed by atoms with van der Waals surface area (Å²) in [5.74, 6) is -0.305. The van der Waals surface area contributed by atoms with Gasteiger partial charge in [0.1, 0.15) is 0 Å². The van der Waals surface area contributed by atoms with Crippen LogP contribution in [-0.2, 0) is 11.2 Å². The van der Waals surface area contributed by atoms with Crippen LogP contribution in [0.4, 0.5) is 0 Å². The number of carbonyl (C=O) groups excluding carboxylic acids is 1. The van der Waals surface area contributed by atoms with Gasteiger partial charge in [0.15, 0.2) is 0 Å². The lowest BCUT2D eigenvalue weighted by molar-refractivity contribution is 0.0601. The van der Waals surface area contributed by atoms with Crippen molar-refractivity contribution in [1.29, 1.82) is 0 Å². The topological polar surface area (TPSA) is 39.2 Å². The lowest BCUT2D eigenvalue weighted by Crippen LogP contribution is -2.00. The van der Waals surface area contributed by atoms with Crippen molar-refractivity contribution >= 4 is 17.3 Å². The van der Waals surface area contributed by atoms with Gasteiger partial charge in [-0.2, -0.15) is 0 Å². The zero-order valence-electron chi connectivity index (χ0n) is 8.84. The van der Waals surface area contributed by atoms with Crippen LogP contribution < -0.4 is 0 Å². The Labute approximate surface area is 97.7 Å². The molecule has 0 saturated carbocycles. The molecule has 0 radical (unpaired) electrons. The highest BCUT2D eigenvalue weighted by Crippen LogP contribution is 2.13. The third-order valence-electron chi connectivity index (χ3n) is 2.21. The Bertz CT molecular complexity index is 462. The minimum absolute atomic E-state index is 0.305. The molecule has 0 spiro atoms. The van der Waals surface area contributed by atoms with Gasteiger partial charge >= 0.3 is 5.97 Å². The van der Waals surface area contributed by atoms with Gasteiger partial charge in [-0.25, -0.2) is 9.78 Å². The normalized spacial score (nSPS) is 10.1. The molecule has 3 nitrogen and oxygen atoms in total. The number of methoxy groups -OCH3 is 1. The molecule has 0 aliphatic heterocycles. The fourth-order valence-corrected chi connectivity index (χ4v) is 2.04. The molecule has 1 aromatic heterocycles. The number of ether oxygens (including phenoxy) is 1. The second kappa shape index (κ2) is 4.90. The van der Waals surface area contributed by atoms with Crippen LogP contribution in [0.2, 0.25) is 0 Å². The molecule has 0 aliphatic carbocycles. The molecular formula is C12H11NO2S. The van der Waals surface area contributed by atoms with Gasteiger partial charge in [0.25, 0.3) is 0 Å². The number of hydrogen-bond acceptors (Lipinski definition) is 4. The standard InChI is InChI=1S/C12H11NO2S/c1-15-12(14)10-4-2-9(3-5-10)8-11-13-6-7-16-11/h2-7H,8H2,1H3. The molecule has 0 bridgehead atoms. The molecule has 0 N–H and O–H groups in total. The van der Waals surface area contributed by atoms with Gasteiger partial charge in [0, 0.05) is 18.0 Å². The molecule has 1 aromatic carbocycles. The summed E-state index contributed by atoms with van der Waals surface area (Å²) in [7, 11) is 1.38. The van der Waals surface area contributed by atoms with E-state index in [1.165, 1.54) is 7.11 Å². The van der Waals surface area contributed by atoms with Crippen molar-refractivity contribution < 1.29 is 9.53 Å². The zero-order valence-corrected chi connectivity index (χ0v) is 9.66. The van der Waals surface area contributed by atoms with Crippen LogP contribution in [-0.4, -0.2) is 18.1 Å². The Hall–Kier alpha value is -1.68. The van der Waals surface area contributed by atoms with Crippen molar-refractivity contribution in [3.63, 3.8) is 0 Å². The SMILES string of the molecule is COC(=O)c1ccc(Cc2nccs2)cc1. The van der Waals surface area contributed by atoms with E-state index in [1.807, 2.05) is 17.5 Å². The van der Waals surface area contributed by atoms with Crippen molar-refractivity contribution in [2.45, 2.75) is 6.42 Å². The Kier molecular flexibility index (Phi) is 3.31. The van der Waals surface area contributed by atoms with E-state index in [9.17, 15) is 4.79 Å². The van der Waals surface area contributed by atoms with Crippen molar-refractivity contribution in [1.82, 2.24) is 4.98 Å².